The number of thiophene rings is 1. The Balaban J connectivity index is 1.58. The predicted octanol–water partition coefficient (Wildman–Crippen LogP) is 4.48. The third kappa shape index (κ3) is 4.73. The van der Waals surface area contributed by atoms with E-state index in [4.69, 9.17) is 4.42 Å². The Bertz CT molecular complexity index is 824. The summed E-state index contributed by atoms with van der Waals surface area (Å²) >= 11 is 2.99. The van der Waals surface area contributed by atoms with Gasteiger partial charge in [-0.2, -0.15) is 0 Å². The zero-order valence-corrected chi connectivity index (χ0v) is 15.9. The van der Waals surface area contributed by atoms with Gasteiger partial charge in [0.2, 0.25) is 16.9 Å². The van der Waals surface area contributed by atoms with E-state index in [0.29, 0.717) is 22.5 Å². The van der Waals surface area contributed by atoms with Gasteiger partial charge in [0.05, 0.1) is 17.0 Å². The van der Waals surface area contributed by atoms with Crippen LogP contribution in [0.25, 0.3) is 10.8 Å². The third-order valence-electron chi connectivity index (χ3n) is 3.66. The minimum atomic E-state index is -0.162. The van der Waals surface area contributed by atoms with Crippen LogP contribution in [0.4, 0.5) is 5.13 Å². The van der Waals surface area contributed by atoms with Crippen molar-refractivity contribution in [3.05, 3.63) is 34.0 Å². The summed E-state index contributed by atoms with van der Waals surface area (Å²) in [6, 6.07) is 3.89. The quantitative estimate of drug-likeness (QED) is 0.586. The highest BCUT2D eigenvalue weighted by Gasteiger charge is 2.16. The van der Waals surface area contributed by atoms with Crippen LogP contribution >= 0.6 is 22.7 Å². The van der Waals surface area contributed by atoms with E-state index in [0.717, 1.165) is 22.7 Å². The SMILES string of the molecule is CCCCCc1nnc(NC(=O)Cc2nc(-c3cccs3)oc2C)s1. The van der Waals surface area contributed by atoms with Crippen LogP contribution in [0.5, 0.6) is 0 Å². The van der Waals surface area contributed by atoms with Gasteiger partial charge in [-0.05, 0) is 24.8 Å². The summed E-state index contributed by atoms with van der Waals surface area (Å²) in [6.07, 6.45) is 4.52. The van der Waals surface area contributed by atoms with Crippen molar-refractivity contribution in [3.8, 4) is 10.8 Å². The van der Waals surface area contributed by atoms with Crippen LogP contribution in [0.3, 0.4) is 0 Å². The average molecular weight is 377 g/mol. The molecule has 3 heterocycles. The van der Waals surface area contributed by atoms with Crippen LogP contribution in [0.2, 0.25) is 0 Å². The van der Waals surface area contributed by atoms with Gasteiger partial charge in [-0.15, -0.1) is 21.5 Å². The van der Waals surface area contributed by atoms with Crippen LogP contribution in [-0.2, 0) is 17.6 Å². The van der Waals surface area contributed by atoms with E-state index in [9.17, 15) is 4.79 Å². The van der Waals surface area contributed by atoms with E-state index < -0.39 is 0 Å². The number of amides is 1. The fourth-order valence-corrected chi connectivity index (χ4v) is 3.79. The molecule has 1 amide bonds. The van der Waals surface area contributed by atoms with Gasteiger partial charge in [0, 0.05) is 6.42 Å². The molecular formula is C17H20N4O2S2. The Labute approximate surface area is 154 Å². The summed E-state index contributed by atoms with van der Waals surface area (Å²) < 4.78 is 5.66. The molecule has 8 heteroatoms. The lowest BCUT2D eigenvalue weighted by Gasteiger charge is -1.98. The van der Waals surface area contributed by atoms with Crippen molar-refractivity contribution >= 4 is 33.7 Å². The number of aromatic nitrogens is 3. The number of rotatable bonds is 8. The molecular weight excluding hydrogens is 356 g/mol. The highest BCUT2D eigenvalue weighted by atomic mass is 32.1. The molecule has 0 aromatic carbocycles. The lowest BCUT2D eigenvalue weighted by molar-refractivity contribution is -0.115. The molecule has 0 radical (unpaired) electrons. The van der Waals surface area contributed by atoms with Crippen LogP contribution in [0, 0.1) is 6.92 Å². The monoisotopic (exact) mass is 376 g/mol. The van der Waals surface area contributed by atoms with Gasteiger partial charge in [-0.3, -0.25) is 4.79 Å². The van der Waals surface area contributed by atoms with Crippen molar-refractivity contribution in [1.82, 2.24) is 15.2 Å². The molecule has 3 aromatic rings. The Morgan fingerprint density at radius 3 is 2.96 bits per heavy atom. The second-order valence-corrected chi connectivity index (χ2v) is 7.69. The van der Waals surface area contributed by atoms with E-state index in [1.165, 1.54) is 24.2 Å². The summed E-state index contributed by atoms with van der Waals surface area (Å²) in [5.41, 5.74) is 0.647. The summed E-state index contributed by atoms with van der Waals surface area (Å²) in [5, 5.41) is 14.4. The predicted molar refractivity (Wildman–Crippen MR) is 100 cm³/mol. The first-order valence-electron chi connectivity index (χ1n) is 8.28. The minimum absolute atomic E-state index is 0.158. The van der Waals surface area contributed by atoms with Crippen molar-refractivity contribution < 1.29 is 9.21 Å². The van der Waals surface area contributed by atoms with E-state index in [1.54, 1.807) is 11.3 Å². The molecule has 0 atom stereocenters. The maximum absolute atomic E-state index is 12.2. The molecule has 0 bridgehead atoms. The van der Waals surface area contributed by atoms with Gasteiger partial charge in [-0.1, -0.05) is 37.2 Å². The van der Waals surface area contributed by atoms with Crippen LogP contribution in [-0.4, -0.2) is 21.1 Å². The van der Waals surface area contributed by atoms with E-state index >= 15 is 0 Å². The number of nitrogens with zero attached hydrogens (tertiary/aromatic N) is 3. The highest BCUT2D eigenvalue weighted by Crippen LogP contribution is 2.26. The lowest BCUT2D eigenvalue weighted by atomic mass is 10.2. The molecule has 0 aliphatic carbocycles. The molecule has 0 saturated heterocycles. The summed E-state index contributed by atoms with van der Waals surface area (Å²) in [5.74, 6) is 1.06. The van der Waals surface area contributed by atoms with Gasteiger partial charge in [0.15, 0.2) is 0 Å². The lowest BCUT2D eigenvalue weighted by Crippen LogP contribution is -2.15. The molecule has 0 unspecified atom stereocenters. The van der Waals surface area contributed by atoms with Gasteiger partial charge in [0.1, 0.15) is 10.8 Å². The van der Waals surface area contributed by atoms with Crippen molar-refractivity contribution in [3.63, 3.8) is 0 Å². The molecule has 0 spiro atoms. The number of anilines is 1. The number of carbonyl (C=O) groups excluding carboxylic acids is 1. The van der Waals surface area contributed by atoms with Gasteiger partial charge < -0.3 is 9.73 Å². The van der Waals surface area contributed by atoms with E-state index in [-0.39, 0.29) is 12.3 Å². The second-order valence-electron chi connectivity index (χ2n) is 5.68. The van der Waals surface area contributed by atoms with Crippen molar-refractivity contribution in [2.24, 2.45) is 0 Å². The first-order valence-corrected chi connectivity index (χ1v) is 9.97. The average Bonchev–Trinajstić information content (AvgIpc) is 3.30. The molecule has 3 aromatic heterocycles. The van der Waals surface area contributed by atoms with Gasteiger partial charge >= 0.3 is 0 Å². The van der Waals surface area contributed by atoms with Crippen molar-refractivity contribution in [2.75, 3.05) is 5.32 Å². The number of carbonyl (C=O) groups is 1. The second kappa shape index (κ2) is 8.35. The van der Waals surface area contributed by atoms with E-state index in [2.05, 4.69) is 27.4 Å². The number of hydrogen-bond acceptors (Lipinski definition) is 7. The number of hydrogen-bond donors (Lipinski definition) is 1. The topological polar surface area (TPSA) is 80.9 Å². The van der Waals surface area contributed by atoms with E-state index in [1.807, 2.05) is 24.4 Å². The molecule has 25 heavy (non-hydrogen) atoms. The van der Waals surface area contributed by atoms with Gasteiger partial charge in [-0.25, -0.2) is 4.98 Å². The summed E-state index contributed by atoms with van der Waals surface area (Å²) in [7, 11) is 0. The van der Waals surface area contributed by atoms with Crippen LogP contribution < -0.4 is 5.32 Å². The standard InChI is InChI=1S/C17H20N4O2S2/c1-3-4-5-8-15-20-21-17(25-15)19-14(22)10-12-11(2)23-16(18-12)13-7-6-9-24-13/h6-7,9H,3-5,8,10H2,1-2H3,(H,19,21,22). The maximum Gasteiger partial charge on any atom is 0.236 e. The summed E-state index contributed by atoms with van der Waals surface area (Å²) in [6.45, 7) is 3.99. The Morgan fingerprint density at radius 2 is 2.20 bits per heavy atom. The zero-order valence-electron chi connectivity index (χ0n) is 14.2. The highest BCUT2D eigenvalue weighted by molar-refractivity contribution is 7.15. The van der Waals surface area contributed by atoms with Gasteiger partial charge in [0.25, 0.3) is 0 Å². The number of nitrogens with one attached hydrogen (secondary N) is 1. The fourth-order valence-electron chi connectivity index (χ4n) is 2.34. The molecule has 1 N–H and O–H groups in total. The Hall–Kier alpha value is -2.06. The Kier molecular flexibility index (Phi) is 5.93. The molecule has 6 nitrogen and oxygen atoms in total. The molecule has 0 aliphatic rings. The number of unbranched alkanes of at least 4 members (excludes halogenated alkanes) is 2. The minimum Gasteiger partial charge on any atom is -0.440 e. The largest absolute Gasteiger partial charge is 0.440 e. The first kappa shape index (κ1) is 17.8. The number of oxazole rings is 1. The molecule has 0 fully saturated rings. The smallest absolute Gasteiger partial charge is 0.236 e. The Morgan fingerprint density at radius 1 is 1.32 bits per heavy atom. The molecule has 132 valence electrons. The normalized spacial score (nSPS) is 11.0. The fraction of sp³-hybridized carbons (Fsp3) is 0.412. The number of aryl methyl sites for hydroxylation is 2. The molecule has 3 rings (SSSR count). The van der Waals surface area contributed by atoms with Crippen LogP contribution in [0.1, 0.15) is 42.6 Å². The molecule has 0 aliphatic heterocycles. The molecule has 0 saturated carbocycles. The zero-order chi connectivity index (χ0) is 17.6. The first-order chi connectivity index (χ1) is 12.2. The maximum atomic E-state index is 12.2. The van der Waals surface area contributed by atoms with Crippen molar-refractivity contribution in [1.29, 1.82) is 0 Å². The summed E-state index contributed by atoms with van der Waals surface area (Å²) in [4.78, 5) is 17.6. The third-order valence-corrected chi connectivity index (χ3v) is 5.42. The van der Waals surface area contributed by atoms with Crippen molar-refractivity contribution in [2.45, 2.75) is 46.0 Å². The van der Waals surface area contributed by atoms with Crippen LogP contribution in [0.15, 0.2) is 21.9 Å².